The molecule has 2 saturated heterocycles. The monoisotopic (exact) mass is 479 g/mol. The van der Waals surface area contributed by atoms with E-state index in [0.29, 0.717) is 24.7 Å². The number of carboxylic acids is 1. The molecule has 2 N–H and O–H groups in total. The second-order valence-electron chi connectivity index (χ2n) is 8.85. The zero-order valence-corrected chi connectivity index (χ0v) is 20.2. The van der Waals surface area contributed by atoms with Crippen LogP contribution in [0.4, 0.5) is 5.69 Å². The molecule has 9 heteroatoms. The summed E-state index contributed by atoms with van der Waals surface area (Å²) in [5, 5.41) is 12.7. The van der Waals surface area contributed by atoms with Crippen molar-refractivity contribution in [1.29, 1.82) is 0 Å². The fourth-order valence-electron chi connectivity index (χ4n) is 4.39. The van der Waals surface area contributed by atoms with Gasteiger partial charge in [0.1, 0.15) is 5.75 Å². The van der Waals surface area contributed by atoms with Gasteiger partial charge < -0.3 is 25.0 Å². The molecule has 2 heterocycles. The van der Waals surface area contributed by atoms with Crippen molar-refractivity contribution >= 4 is 23.5 Å². The number of hydrogen-bond acceptors (Lipinski definition) is 5. The van der Waals surface area contributed by atoms with Gasteiger partial charge >= 0.3 is 5.97 Å². The van der Waals surface area contributed by atoms with E-state index in [9.17, 15) is 14.7 Å². The third-order valence-corrected chi connectivity index (χ3v) is 6.40. The second-order valence-corrected chi connectivity index (χ2v) is 8.85. The van der Waals surface area contributed by atoms with Crippen LogP contribution in [-0.2, 0) is 11.3 Å². The minimum atomic E-state index is -0.972. The van der Waals surface area contributed by atoms with Crippen LogP contribution >= 0.6 is 0 Å². The van der Waals surface area contributed by atoms with Gasteiger partial charge in [0.25, 0.3) is 0 Å². The number of methoxy groups -OCH3 is 1. The van der Waals surface area contributed by atoms with Gasteiger partial charge in [0, 0.05) is 45.0 Å². The third-order valence-electron chi connectivity index (χ3n) is 6.40. The molecule has 0 spiro atoms. The molecule has 0 aromatic heterocycles. The molecule has 0 saturated carbocycles. The Hall–Kier alpha value is -3.59. The van der Waals surface area contributed by atoms with Gasteiger partial charge in [-0.3, -0.25) is 9.69 Å². The van der Waals surface area contributed by atoms with Crippen molar-refractivity contribution in [3.63, 3.8) is 0 Å². The van der Waals surface area contributed by atoms with E-state index in [1.165, 1.54) is 0 Å². The van der Waals surface area contributed by atoms with Crippen LogP contribution in [0, 0.1) is 0 Å². The molecule has 0 aliphatic carbocycles. The van der Waals surface area contributed by atoms with Crippen molar-refractivity contribution in [3.05, 3.63) is 59.7 Å². The Morgan fingerprint density at radius 2 is 1.71 bits per heavy atom. The van der Waals surface area contributed by atoms with E-state index in [-0.39, 0.29) is 11.5 Å². The molecule has 2 aliphatic heterocycles. The van der Waals surface area contributed by atoms with E-state index in [2.05, 4.69) is 15.1 Å². The number of hydrogen-bond donors (Lipinski definition) is 2. The molecule has 35 heavy (non-hydrogen) atoms. The number of amides is 1. The van der Waals surface area contributed by atoms with Crippen LogP contribution in [0.5, 0.6) is 5.75 Å². The van der Waals surface area contributed by atoms with E-state index < -0.39 is 5.97 Å². The van der Waals surface area contributed by atoms with Crippen LogP contribution in [0.25, 0.3) is 0 Å². The molecule has 186 valence electrons. The Morgan fingerprint density at radius 3 is 2.43 bits per heavy atom. The average Bonchev–Trinajstić information content (AvgIpc) is 3.43. The first-order valence-corrected chi connectivity index (χ1v) is 12.0. The third kappa shape index (κ3) is 6.73. The van der Waals surface area contributed by atoms with Crippen LogP contribution in [0.1, 0.15) is 28.8 Å². The molecule has 0 bridgehead atoms. The standard InChI is InChI=1S/C26H33N5O4/c1-35-23-9-4-6-20(16-23)18-27-26(28-22-8-5-7-21(17-22)25(33)34)31-14-12-29(13-15-31)19-24(32)30-10-2-3-11-30/h4-9,16-17H,2-3,10-15,18-19H2,1H3,(H,27,28)(H,33,34). The lowest BCUT2D eigenvalue weighted by Gasteiger charge is -2.36. The Morgan fingerprint density at radius 1 is 0.971 bits per heavy atom. The molecular weight excluding hydrogens is 446 g/mol. The smallest absolute Gasteiger partial charge is 0.335 e. The molecule has 2 aromatic carbocycles. The number of rotatable bonds is 7. The van der Waals surface area contributed by atoms with E-state index in [0.717, 1.165) is 63.4 Å². The lowest BCUT2D eigenvalue weighted by molar-refractivity contribution is -0.131. The van der Waals surface area contributed by atoms with Crippen LogP contribution in [0.2, 0.25) is 0 Å². The van der Waals surface area contributed by atoms with Crippen molar-refractivity contribution in [2.75, 3.05) is 58.2 Å². The van der Waals surface area contributed by atoms with Gasteiger partial charge in [0.15, 0.2) is 5.96 Å². The highest BCUT2D eigenvalue weighted by Gasteiger charge is 2.25. The van der Waals surface area contributed by atoms with Crippen LogP contribution in [0.3, 0.4) is 0 Å². The lowest BCUT2D eigenvalue weighted by atomic mass is 10.2. The zero-order valence-electron chi connectivity index (χ0n) is 20.2. The fourth-order valence-corrected chi connectivity index (χ4v) is 4.39. The number of ether oxygens (including phenoxy) is 1. The topological polar surface area (TPSA) is 97.7 Å². The van der Waals surface area contributed by atoms with E-state index in [4.69, 9.17) is 9.73 Å². The predicted molar refractivity (Wildman–Crippen MR) is 135 cm³/mol. The van der Waals surface area contributed by atoms with Gasteiger partial charge in [-0.1, -0.05) is 18.2 Å². The summed E-state index contributed by atoms with van der Waals surface area (Å²) >= 11 is 0. The molecule has 2 aromatic rings. The highest BCUT2D eigenvalue weighted by Crippen LogP contribution is 2.16. The molecule has 0 radical (unpaired) electrons. The summed E-state index contributed by atoms with van der Waals surface area (Å²) in [4.78, 5) is 35.1. The highest BCUT2D eigenvalue weighted by molar-refractivity contribution is 5.96. The number of carbonyl (C=O) groups excluding carboxylic acids is 1. The van der Waals surface area contributed by atoms with Crippen molar-refractivity contribution in [2.45, 2.75) is 19.4 Å². The van der Waals surface area contributed by atoms with Crippen molar-refractivity contribution in [2.24, 2.45) is 4.99 Å². The highest BCUT2D eigenvalue weighted by atomic mass is 16.5. The maximum absolute atomic E-state index is 12.5. The van der Waals surface area contributed by atoms with Crippen molar-refractivity contribution in [3.8, 4) is 5.75 Å². The number of carboxylic acid groups (broad SMARTS) is 1. The summed E-state index contributed by atoms with van der Waals surface area (Å²) < 4.78 is 5.32. The number of anilines is 1. The summed E-state index contributed by atoms with van der Waals surface area (Å²) in [5.41, 5.74) is 1.89. The Kier molecular flexibility index (Phi) is 8.20. The number of piperazine rings is 1. The molecule has 2 fully saturated rings. The molecule has 0 unspecified atom stereocenters. The van der Waals surface area contributed by atoms with Gasteiger partial charge in [-0.2, -0.15) is 0 Å². The number of benzene rings is 2. The number of aromatic carboxylic acids is 1. The van der Waals surface area contributed by atoms with Gasteiger partial charge in [-0.15, -0.1) is 0 Å². The molecule has 1 amide bonds. The Balaban J connectivity index is 1.45. The Bertz CT molecular complexity index is 1060. The normalized spacial score (nSPS) is 16.9. The maximum Gasteiger partial charge on any atom is 0.335 e. The maximum atomic E-state index is 12.5. The number of aliphatic imine (C=N–C) groups is 1. The quantitative estimate of drug-likeness (QED) is 0.465. The van der Waals surface area contributed by atoms with Crippen molar-refractivity contribution in [1.82, 2.24) is 14.7 Å². The van der Waals surface area contributed by atoms with E-state index >= 15 is 0 Å². The van der Waals surface area contributed by atoms with Crippen LogP contribution in [-0.4, -0.2) is 90.6 Å². The summed E-state index contributed by atoms with van der Waals surface area (Å²) in [5.74, 6) is 0.699. The second kappa shape index (κ2) is 11.7. The van der Waals surface area contributed by atoms with Gasteiger partial charge in [0.05, 0.1) is 25.8 Å². The molecular formula is C26H33N5O4. The Labute approximate surface area is 206 Å². The first kappa shape index (κ1) is 24.5. The summed E-state index contributed by atoms with van der Waals surface area (Å²) in [7, 11) is 1.64. The number of likely N-dealkylation sites (tertiary alicyclic amines) is 1. The average molecular weight is 480 g/mol. The van der Waals surface area contributed by atoms with Crippen LogP contribution in [0.15, 0.2) is 53.5 Å². The first-order chi connectivity index (χ1) is 17.0. The number of nitrogens with zero attached hydrogens (tertiary/aromatic N) is 4. The zero-order chi connectivity index (χ0) is 24.6. The molecule has 0 atom stereocenters. The summed E-state index contributed by atoms with van der Waals surface area (Å²) in [6.45, 7) is 5.61. The van der Waals surface area contributed by atoms with Gasteiger partial charge in [-0.05, 0) is 48.7 Å². The van der Waals surface area contributed by atoms with Gasteiger partial charge in [-0.25, -0.2) is 9.79 Å². The number of carbonyl (C=O) groups is 2. The summed E-state index contributed by atoms with van der Waals surface area (Å²) in [6, 6.07) is 14.5. The largest absolute Gasteiger partial charge is 0.497 e. The molecule has 4 rings (SSSR count). The van der Waals surface area contributed by atoms with Gasteiger partial charge in [0.2, 0.25) is 5.91 Å². The molecule has 2 aliphatic rings. The molecule has 9 nitrogen and oxygen atoms in total. The van der Waals surface area contributed by atoms with Crippen molar-refractivity contribution < 1.29 is 19.4 Å². The fraction of sp³-hybridized carbons (Fsp3) is 0.423. The number of nitrogens with one attached hydrogen (secondary N) is 1. The minimum absolute atomic E-state index is 0.214. The first-order valence-electron chi connectivity index (χ1n) is 12.0. The van der Waals surface area contributed by atoms with E-state index in [1.807, 2.05) is 35.2 Å². The number of guanidine groups is 1. The SMILES string of the molecule is COc1cccc(CN=C(Nc2cccc(C(=O)O)c2)N2CCN(CC(=O)N3CCCC3)CC2)c1. The van der Waals surface area contributed by atoms with Crippen LogP contribution < -0.4 is 10.1 Å². The predicted octanol–water partition coefficient (Wildman–Crippen LogP) is 2.60. The minimum Gasteiger partial charge on any atom is -0.497 e. The van der Waals surface area contributed by atoms with E-state index in [1.54, 1.807) is 25.3 Å². The summed E-state index contributed by atoms with van der Waals surface area (Å²) in [6.07, 6.45) is 2.20. The lowest BCUT2D eigenvalue weighted by Crippen LogP contribution is -2.52.